The van der Waals surface area contributed by atoms with Gasteiger partial charge >= 0.3 is 0 Å². The molecule has 0 fully saturated rings. The van der Waals surface area contributed by atoms with Crippen LogP contribution in [-0.4, -0.2) is 15.4 Å². The Kier molecular flexibility index (Phi) is 3.94. The zero-order chi connectivity index (χ0) is 14.0. The second-order valence-electron chi connectivity index (χ2n) is 3.85. The molecule has 0 amide bonds. The number of carbonyl (C=O) groups excluding carboxylic acids is 1. The quantitative estimate of drug-likeness (QED) is 0.640. The predicted octanol–water partition coefficient (Wildman–Crippen LogP) is 3.14. The van der Waals surface area contributed by atoms with Gasteiger partial charge in [0.15, 0.2) is 17.5 Å². The van der Waals surface area contributed by atoms with Gasteiger partial charge in [-0.05, 0) is 30.1 Å². The standard InChI is InChI=1S/C12H9F3N2OS/c1-2-3-8-12(19-17-16-8)11(18)6-4-5-7(13)10(15)9(6)14/h4-5H,2-3H2,1H3. The first-order valence-corrected chi connectivity index (χ1v) is 6.33. The van der Waals surface area contributed by atoms with E-state index in [1.54, 1.807) is 0 Å². The molecular weight excluding hydrogens is 277 g/mol. The highest BCUT2D eigenvalue weighted by Crippen LogP contribution is 2.22. The van der Waals surface area contributed by atoms with Crippen LogP contribution in [-0.2, 0) is 6.42 Å². The Morgan fingerprint density at radius 3 is 2.68 bits per heavy atom. The van der Waals surface area contributed by atoms with Gasteiger partial charge in [0.2, 0.25) is 5.78 Å². The Balaban J connectivity index is 2.45. The van der Waals surface area contributed by atoms with Crippen molar-refractivity contribution in [2.45, 2.75) is 19.8 Å². The van der Waals surface area contributed by atoms with Gasteiger partial charge in [0.25, 0.3) is 0 Å². The molecule has 0 aliphatic carbocycles. The fourth-order valence-corrected chi connectivity index (χ4v) is 2.27. The van der Waals surface area contributed by atoms with Crippen LogP contribution < -0.4 is 0 Å². The molecule has 3 nitrogen and oxygen atoms in total. The summed E-state index contributed by atoms with van der Waals surface area (Å²) in [7, 11) is 0. The van der Waals surface area contributed by atoms with Gasteiger partial charge in [-0.3, -0.25) is 4.79 Å². The molecule has 19 heavy (non-hydrogen) atoms. The van der Waals surface area contributed by atoms with Crippen molar-refractivity contribution in [2.75, 3.05) is 0 Å². The smallest absolute Gasteiger partial charge is 0.209 e. The van der Waals surface area contributed by atoms with Gasteiger partial charge in [0.05, 0.1) is 11.3 Å². The zero-order valence-corrected chi connectivity index (χ0v) is 10.7. The summed E-state index contributed by atoms with van der Waals surface area (Å²) in [4.78, 5) is 12.2. The maximum Gasteiger partial charge on any atom is 0.209 e. The lowest BCUT2D eigenvalue weighted by molar-refractivity contribution is 0.103. The molecule has 0 bridgehead atoms. The van der Waals surface area contributed by atoms with Crippen molar-refractivity contribution in [1.82, 2.24) is 9.59 Å². The Hall–Kier alpha value is -1.76. The molecule has 0 aliphatic heterocycles. The summed E-state index contributed by atoms with van der Waals surface area (Å²) in [5.41, 5.74) is -0.0658. The van der Waals surface area contributed by atoms with Crippen molar-refractivity contribution < 1.29 is 18.0 Å². The normalized spacial score (nSPS) is 10.7. The summed E-state index contributed by atoms with van der Waals surface area (Å²) in [6.07, 6.45) is 1.26. The van der Waals surface area contributed by atoms with Crippen molar-refractivity contribution in [3.63, 3.8) is 0 Å². The van der Waals surface area contributed by atoms with Crippen molar-refractivity contribution >= 4 is 17.3 Å². The van der Waals surface area contributed by atoms with E-state index in [0.29, 0.717) is 12.1 Å². The van der Waals surface area contributed by atoms with E-state index in [2.05, 4.69) is 9.59 Å². The molecule has 0 radical (unpaired) electrons. The highest BCUT2D eigenvalue weighted by Gasteiger charge is 2.23. The number of ketones is 1. The van der Waals surface area contributed by atoms with Gasteiger partial charge in [0, 0.05) is 0 Å². The molecule has 2 rings (SSSR count). The molecule has 2 aromatic rings. The number of rotatable bonds is 4. The van der Waals surface area contributed by atoms with Crippen LogP contribution >= 0.6 is 11.5 Å². The molecule has 1 aromatic heterocycles. The van der Waals surface area contributed by atoms with E-state index in [1.165, 1.54) is 0 Å². The van der Waals surface area contributed by atoms with Crippen LogP contribution in [0.15, 0.2) is 12.1 Å². The Morgan fingerprint density at radius 2 is 2.00 bits per heavy atom. The largest absolute Gasteiger partial charge is 0.287 e. The third-order valence-corrected chi connectivity index (χ3v) is 3.30. The van der Waals surface area contributed by atoms with Crippen molar-refractivity contribution in [3.8, 4) is 0 Å². The van der Waals surface area contributed by atoms with Crippen LogP contribution in [0.3, 0.4) is 0 Å². The van der Waals surface area contributed by atoms with E-state index in [-0.39, 0.29) is 4.88 Å². The monoisotopic (exact) mass is 286 g/mol. The average Bonchev–Trinajstić information content (AvgIpc) is 2.84. The van der Waals surface area contributed by atoms with Crippen molar-refractivity contribution in [2.24, 2.45) is 0 Å². The average molecular weight is 286 g/mol. The van der Waals surface area contributed by atoms with Gasteiger partial charge in [-0.15, -0.1) is 5.10 Å². The van der Waals surface area contributed by atoms with E-state index in [9.17, 15) is 18.0 Å². The molecule has 1 heterocycles. The van der Waals surface area contributed by atoms with Crippen LogP contribution in [0.5, 0.6) is 0 Å². The van der Waals surface area contributed by atoms with Gasteiger partial charge < -0.3 is 0 Å². The van der Waals surface area contributed by atoms with Crippen molar-refractivity contribution in [3.05, 3.63) is 45.7 Å². The Morgan fingerprint density at radius 1 is 1.26 bits per heavy atom. The highest BCUT2D eigenvalue weighted by atomic mass is 32.1. The van der Waals surface area contributed by atoms with Crippen LogP contribution in [0.25, 0.3) is 0 Å². The number of aryl methyl sites for hydroxylation is 1. The molecule has 0 saturated carbocycles. The second kappa shape index (κ2) is 5.48. The topological polar surface area (TPSA) is 42.9 Å². The molecule has 100 valence electrons. The second-order valence-corrected chi connectivity index (χ2v) is 4.60. The summed E-state index contributed by atoms with van der Waals surface area (Å²) >= 11 is 0.818. The molecule has 0 spiro atoms. The zero-order valence-electron chi connectivity index (χ0n) is 9.91. The highest BCUT2D eigenvalue weighted by molar-refractivity contribution is 7.08. The van der Waals surface area contributed by atoms with Crippen LogP contribution in [0, 0.1) is 17.5 Å². The number of hydrogen-bond acceptors (Lipinski definition) is 4. The third-order valence-electron chi connectivity index (χ3n) is 2.53. The lowest BCUT2D eigenvalue weighted by atomic mass is 10.1. The third kappa shape index (κ3) is 2.51. The first kappa shape index (κ1) is 13.7. The van der Waals surface area contributed by atoms with Crippen molar-refractivity contribution in [1.29, 1.82) is 0 Å². The van der Waals surface area contributed by atoms with E-state index in [0.717, 1.165) is 30.1 Å². The number of hydrogen-bond donors (Lipinski definition) is 0. The van der Waals surface area contributed by atoms with Crippen LogP contribution in [0.4, 0.5) is 13.2 Å². The van der Waals surface area contributed by atoms with Gasteiger partial charge in [-0.25, -0.2) is 13.2 Å². The fourth-order valence-electron chi connectivity index (χ4n) is 1.61. The number of benzene rings is 1. The maximum atomic E-state index is 13.6. The summed E-state index contributed by atoms with van der Waals surface area (Å²) in [6.45, 7) is 1.89. The molecular formula is C12H9F3N2OS. The minimum absolute atomic E-state index is 0.159. The lowest BCUT2D eigenvalue weighted by Crippen LogP contribution is -2.08. The summed E-state index contributed by atoms with van der Waals surface area (Å²) < 4.78 is 43.1. The Labute approximate surface area is 111 Å². The van der Waals surface area contributed by atoms with Crippen LogP contribution in [0.2, 0.25) is 0 Å². The molecule has 7 heteroatoms. The van der Waals surface area contributed by atoms with Gasteiger partial charge in [0.1, 0.15) is 4.88 Å². The molecule has 0 unspecified atom stereocenters. The van der Waals surface area contributed by atoms with Crippen LogP contribution in [0.1, 0.15) is 34.3 Å². The molecule has 0 aliphatic rings. The predicted molar refractivity (Wildman–Crippen MR) is 63.7 cm³/mol. The van der Waals surface area contributed by atoms with Gasteiger partial charge in [-0.2, -0.15) is 0 Å². The number of halogens is 3. The van der Waals surface area contributed by atoms with E-state index >= 15 is 0 Å². The summed E-state index contributed by atoms with van der Waals surface area (Å²) in [5, 5.41) is 3.78. The van der Waals surface area contributed by atoms with E-state index in [1.807, 2.05) is 6.92 Å². The molecule has 0 atom stereocenters. The van der Waals surface area contributed by atoms with E-state index in [4.69, 9.17) is 0 Å². The Bertz CT molecular complexity index is 627. The van der Waals surface area contributed by atoms with E-state index < -0.39 is 28.8 Å². The molecule has 0 saturated heterocycles. The SMILES string of the molecule is CCCc1nnsc1C(=O)c1ccc(F)c(F)c1F. The minimum Gasteiger partial charge on any atom is -0.287 e. The lowest BCUT2D eigenvalue weighted by Gasteiger charge is -2.03. The molecule has 1 aromatic carbocycles. The number of aromatic nitrogens is 2. The number of carbonyl (C=O) groups is 1. The number of nitrogens with zero attached hydrogens (tertiary/aromatic N) is 2. The first-order valence-electron chi connectivity index (χ1n) is 5.55. The fraction of sp³-hybridized carbons (Fsp3) is 0.250. The minimum atomic E-state index is -1.65. The summed E-state index contributed by atoms with van der Waals surface area (Å²) in [5.74, 6) is -5.19. The maximum absolute atomic E-state index is 13.6. The molecule has 0 N–H and O–H groups in total. The summed E-state index contributed by atoms with van der Waals surface area (Å²) in [6, 6.07) is 1.64. The van der Waals surface area contributed by atoms with Gasteiger partial charge in [-0.1, -0.05) is 17.8 Å². The first-order chi connectivity index (χ1) is 9.06.